The van der Waals surface area contributed by atoms with E-state index in [2.05, 4.69) is 61.2 Å². The molecule has 1 fully saturated rings. The molecule has 1 aliphatic heterocycles. The molecule has 0 radical (unpaired) electrons. The van der Waals surface area contributed by atoms with Crippen LogP contribution in [0.2, 0.25) is 18.1 Å². The third-order valence-corrected chi connectivity index (χ3v) is 12.2. The molecule has 2 aliphatic rings. The van der Waals surface area contributed by atoms with Gasteiger partial charge in [-0.1, -0.05) is 0 Å². The summed E-state index contributed by atoms with van der Waals surface area (Å²) in [6.45, 7) is 22.1. The molecule has 0 aromatic carbocycles. The van der Waals surface area contributed by atoms with Crippen molar-refractivity contribution in [1.29, 1.82) is 0 Å². The van der Waals surface area contributed by atoms with Crippen LogP contribution in [-0.2, 0) is 28.5 Å². The van der Waals surface area contributed by atoms with Crippen LogP contribution in [0.25, 0.3) is 0 Å². The van der Waals surface area contributed by atoms with Gasteiger partial charge in [-0.15, -0.1) is 0 Å². The summed E-state index contributed by atoms with van der Waals surface area (Å²) < 4.78 is 13.6. The number of hydrogen-bond acceptors (Lipinski definition) is 3. The van der Waals surface area contributed by atoms with Gasteiger partial charge in [-0.3, -0.25) is 0 Å². The molecule has 26 heavy (non-hydrogen) atoms. The first-order chi connectivity index (χ1) is 11.6. The van der Waals surface area contributed by atoms with Crippen molar-refractivity contribution in [1.82, 2.24) is 0 Å². The summed E-state index contributed by atoms with van der Waals surface area (Å²) in [5.41, 5.74) is 0.560. The van der Waals surface area contributed by atoms with Crippen molar-refractivity contribution in [2.45, 2.75) is 90.1 Å². The summed E-state index contributed by atoms with van der Waals surface area (Å²) in [6.07, 6.45) is 4.79. The second-order valence-electron chi connectivity index (χ2n) is 10.3. The number of ether oxygens (including phenoxy) is 1. The third kappa shape index (κ3) is 4.19. The first kappa shape index (κ1) is 22.3. The van der Waals surface area contributed by atoms with E-state index in [9.17, 15) is 5.11 Å². The van der Waals surface area contributed by atoms with Crippen LogP contribution >= 0.6 is 0 Å². The number of aliphatic hydroxyl groups is 1. The Morgan fingerprint density at radius 2 is 1.92 bits per heavy atom. The van der Waals surface area contributed by atoms with Gasteiger partial charge in [0.25, 0.3) is 0 Å². The van der Waals surface area contributed by atoms with Crippen molar-refractivity contribution in [2.75, 3.05) is 0 Å². The monoisotopic (exact) mass is 548 g/mol. The summed E-state index contributed by atoms with van der Waals surface area (Å²) in [5.74, 6) is 1.40. The van der Waals surface area contributed by atoms with Crippen LogP contribution in [0.15, 0.2) is 24.0 Å². The van der Waals surface area contributed by atoms with Crippen LogP contribution in [0, 0.1) is 11.8 Å². The van der Waals surface area contributed by atoms with Gasteiger partial charge in [-0.25, -0.2) is 0 Å². The Balaban J connectivity index is 2.41. The molecule has 0 bridgehead atoms. The van der Waals surface area contributed by atoms with Crippen molar-refractivity contribution in [3.05, 3.63) is 24.0 Å². The molecule has 1 N–H and O–H groups in total. The van der Waals surface area contributed by atoms with E-state index in [1.165, 1.54) is 0 Å². The molecule has 1 saturated carbocycles. The molecule has 1 heterocycles. The fourth-order valence-electron chi connectivity index (χ4n) is 4.38. The molecule has 1 aliphatic carbocycles. The van der Waals surface area contributed by atoms with Crippen molar-refractivity contribution < 1.29 is 33.6 Å². The number of fused-ring (bicyclic) bond motifs is 1. The van der Waals surface area contributed by atoms with Crippen molar-refractivity contribution in [3.63, 3.8) is 0 Å². The Bertz CT molecular complexity index is 630. The number of rotatable bonds is 4. The van der Waals surface area contributed by atoms with E-state index in [1.807, 2.05) is 0 Å². The summed E-state index contributed by atoms with van der Waals surface area (Å²) in [5, 5.41) is 10.6. The zero-order valence-electron chi connectivity index (χ0n) is 17.7. The Morgan fingerprint density at radius 1 is 1.35 bits per heavy atom. The van der Waals surface area contributed by atoms with Crippen LogP contribution in [-0.4, -0.2) is 28.7 Å². The predicted molar refractivity (Wildman–Crippen MR) is 107 cm³/mol. The van der Waals surface area contributed by atoms with E-state index in [-0.39, 0.29) is 22.2 Å². The van der Waals surface area contributed by atoms with E-state index in [0.717, 1.165) is 49.9 Å². The molecular weight excluding hydrogens is 512 g/mol. The minimum atomic E-state index is -1.86. The molecule has 3 atom stereocenters. The standard InChI is InChI=1S/C21H36O3Si.W/c1-10-18-16(14-22)15-13-21(7,24-25(8,9)19(2,3)4)12-11-17(15)20(5,6)23-18;/h10,15,17,22H,1,11-13H2,2-9H3;. The Hall–Kier alpha value is -0.0248. The average molecular weight is 548 g/mol. The quantitative estimate of drug-likeness (QED) is 0.473. The molecule has 148 valence electrons. The summed E-state index contributed by atoms with van der Waals surface area (Å²) >= 11 is 1.08. The van der Waals surface area contributed by atoms with E-state index >= 15 is 0 Å². The van der Waals surface area contributed by atoms with Crippen molar-refractivity contribution >= 4 is 12.4 Å². The van der Waals surface area contributed by atoms with Gasteiger partial charge in [-0.05, 0) is 0 Å². The van der Waals surface area contributed by atoms with Gasteiger partial charge in [0.2, 0.25) is 0 Å². The third-order valence-electron chi connectivity index (χ3n) is 6.75. The maximum absolute atomic E-state index is 10.5. The molecule has 0 amide bonds. The Kier molecular flexibility index (Phi) is 6.08. The summed E-state index contributed by atoms with van der Waals surface area (Å²) in [6, 6.07) is 0. The topological polar surface area (TPSA) is 38.7 Å². The molecule has 0 spiro atoms. The van der Waals surface area contributed by atoms with Crippen molar-refractivity contribution in [2.24, 2.45) is 11.8 Å². The van der Waals surface area contributed by atoms with Gasteiger partial charge < -0.3 is 0 Å². The molecular formula is C21H36O3SiW. The van der Waals surface area contributed by atoms with Crippen LogP contribution in [0.5, 0.6) is 0 Å². The van der Waals surface area contributed by atoms with E-state index < -0.39 is 8.32 Å². The number of allylic oxidation sites excluding steroid dienone is 1. The SMILES string of the molecule is C=CC1=C([C](O)=[W])C2CC(C)(O[Si](C)(C)C(C)(C)C)CCC2C(C)(C)O1. The van der Waals surface area contributed by atoms with Gasteiger partial charge in [0.15, 0.2) is 0 Å². The maximum atomic E-state index is 10.5. The summed E-state index contributed by atoms with van der Waals surface area (Å²) in [7, 11) is -1.86. The van der Waals surface area contributed by atoms with Gasteiger partial charge in [0.1, 0.15) is 0 Å². The fourth-order valence-corrected chi connectivity index (χ4v) is 7.01. The van der Waals surface area contributed by atoms with Crippen LogP contribution in [0.1, 0.15) is 60.8 Å². The first-order valence-corrected chi connectivity index (χ1v) is 14.0. The average Bonchev–Trinajstić information content (AvgIpc) is 2.42. The normalized spacial score (nSPS) is 31.9. The molecule has 0 aromatic heterocycles. The van der Waals surface area contributed by atoms with Crippen molar-refractivity contribution in [3.8, 4) is 0 Å². The van der Waals surface area contributed by atoms with Gasteiger partial charge >= 0.3 is 172 Å². The second-order valence-corrected chi connectivity index (χ2v) is 16.4. The fraction of sp³-hybridized carbons (Fsp3) is 0.762. The molecule has 0 aromatic rings. The van der Waals surface area contributed by atoms with Gasteiger partial charge in [0.05, 0.1) is 0 Å². The van der Waals surface area contributed by atoms with E-state index in [4.69, 9.17) is 9.16 Å². The van der Waals surface area contributed by atoms with Gasteiger partial charge in [0, 0.05) is 0 Å². The van der Waals surface area contributed by atoms with Crippen LogP contribution in [0.3, 0.4) is 0 Å². The van der Waals surface area contributed by atoms with E-state index in [1.54, 1.807) is 6.08 Å². The molecule has 0 saturated heterocycles. The summed E-state index contributed by atoms with van der Waals surface area (Å²) in [4.78, 5) is 0. The molecule has 3 unspecified atom stereocenters. The zero-order valence-corrected chi connectivity index (χ0v) is 21.7. The van der Waals surface area contributed by atoms with Gasteiger partial charge in [-0.2, -0.15) is 0 Å². The number of hydrogen-bond donors (Lipinski definition) is 1. The molecule has 3 nitrogen and oxygen atoms in total. The Labute approximate surface area is 171 Å². The molecule has 2 rings (SSSR count). The molecule has 5 heteroatoms. The first-order valence-electron chi connectivity index (χ1n) is 9.63. The van der Waals surface area contributed by atoms with Crippen LogP contribution in [0.4, 0.5) is 0 Å². The van der Waals surface area contributed by atoms with Crippen LogP contribution < -0.4 is 0 Å². The van der Waals surface area contributed by atoms with E-state index in [0.29, 0.717) is 10.0 Å². The zero-order chi connectivity index (χ0) is 20.1. The predicted octanol–water partition coefficient (Wildman–Crippen LogP) is 5.48. The minimum absolute atomic E-state index is 0.153. The second kappa shape index (κ2) is 7.10. The number of aliphatic hydroxyl groups excluding tert-OH is 1. The Morgan fingerprint density at radius 3 is 2.38 bits per heavy atom.